The number of hydrogen-bond acceptors (Lipinski definition) is 3. The molecule has 28 heavy (non-hydrogen) atoms. The van der Waals surface area contributed by atoms with Crippen LogP contribution in [0.5, 0.6) is 5.75 Å². The summed E-state index contributed by atoms with van der Waals surface area (Å²) in [6, 6.07) is 15.1. The van der Waals surface area contributed by atoms with Crippen molar-refractivity contribution in [2.45, 2.75) is 25.7 Å². The Bertz CT molecular complexity index is 894. The van der Waals surface area contributed by atoms with Gasteiger partial charge in [0.1, 0.15) is 5.75 Å². The van der Waals surface area contributed by atoms with Gasteiger partial charge in [-0.25, -0.2) is 0 Å². The number of piperidine rings is 1. The molecule has 0 saturated carbocycles. The van der Waals surface area contributed by atoms with Gasteiger partial charge in [-0.05, 0) is 54.8 Å². The molecule has 2 aromatic rings. The van der Waals surface area contributed by atoms with Gasteiger partial charge in [-0.3, -0.25) is 9.59 Å². The first-order chi connectivity index (χ1) is 13.7. The molecule has 0 radical (unpaired) electrons. The quantitative estimate of drug-likeness (QED) is 0.817. The Labute approximate surface area is 165 Å². The molecular formula is C23H24N2O3. The molecule has 0 atom stereocenters. The Morgan fingerprint density at radius 3 is 2.75 bits per heavy atom. The van der Waals surface area contributed by atoms with Gasteiger partial charge in [0.05, 0.1) is 20.1 Å². The maximum atomic E-state index is 12.0. The average molecular weight is 376 g/mol. The molecule has 2 aromatic carbocycles. The zero-order valence-corrected chi connectivity index (χ0v) is 16.0. The van der Waals surface area contributed by atoms with Crippen LogP contribution in [0.2, 0.25) is 0 Å². The lowest BCUT2D eigenvalue weighted by Crippen LogP contribution is -2.35. The van der Waals surface area contributed by atoms with Gasteiger partial charge in [0.25, 0.3) is 0 Å². The van der Waals surface area contributed by atoms with E-state index in [9.17, 15) is 9.59 Å². The number of nitrogens with zero attached hydrogens (tertiary/aromatic N) is 1. The molecule has 144 valence electrons. The fourth-order valence-electron chi connectivity index (χ4n) is 3.12. The highest BCUT2D eigenvalue weighted by Crippen LogP contribution is 2.21. The number of methoxy groups -OCH3 is 1. The second-order valence-electron chi connectivity index (χ2n) is 6.66. The summed E-state index contributed by atoms with van der Waals surface area (Å²) in [5, 5.41) is 2.80. The first-order valence-electron chi connectivity index (χ1n) is 9.44. The number of hydrogen-bond donors (Lipinski definition) is 1. The van der Waals surface area contributed by atoms with Gasteiger partial charge < -0.3 is 15.0 Å². The molecule has 0 bridgehead atoms. The van der Waals surface area contributed by atoms with Gasteiger partial charge in [-0.15, -0.1) is 0 Å². The van der Waals surface area contributed by atoms with Crippen molar-refractivity contribution in [3.63, 3.8) is 0 Å². The number of anilines is 1. The van der Waals surface area contributed by atoms with E-state index in [1.165, 1.54) is 0 Å². The van der Waals surface area contributed by atoms with Crippen LogP contribution in [0, 0.1) is 11.8 Å². The molecule has 0 aliphatic carbocycles. The lowest BCUT2D eigenvalue weighted by molar-refractivity contribution is -0.120. The van der Waals surface area contributed by atoms with E-state index in [1.807, 2.05) is 53.4 Å². The zero-order valence-electron chi connectivity index (χ0n) is 16.0. The fourth-order valence-corrected chi connectivity index (χ4v) is 3.12. The summed E-state index contributed by atoms with van der Waals surface area (Å²) in [6.45, 7) is 1.07. The third-order valence-corrected chi connectivity index (χ3v) is 4.61. The molecule has 1 N–H and O–H groups in total. The topological polar surface area (TPSA) is 58.6 Å². The molecule has 5 nitrogen and oxygen atoms in total. The fraction of sp³-hybridized carbons (Fsp3) is 0.304. The van der Waals surface area contributed by atoms with Crippen molar-refractivity contribution in [1.29, 1.82) is 0 Å². The molecule has 3 rings (SSSR count). The summed E-state index contributed by atoms with van der Waals surface area (Å²) in [6.07, 6.45) is 2.93. The van der Waals surface area contributed by atoms with Crippen molar-refractivity contribution in [3.8, 4) is 17.6 Å². The molecule has 5 heteroatoms. The van der Waals surface area contributed by atoms with Crippen molar-refractivity contribution in [2.24, 2.45) is 0 Å². The molecule has 1 aliphatic heterocycles. The lowest BCUT2D eigenvalue weighted by Gasteiger charge is -2.26. The second-order valence-corrected chi connectivity index (χ2v) is 6.66. The van der Waals surface area contributed by atoms with Gasteiger partial charge in [0.2, 0.25) is 11.8 Å². The van der Waals surface area contributed by atoms with Crippen molar-refractivity contribution in [2.75, 3.05) is 25.1 Å². The Hall–Kier alpha value is -3.26. The minimum atomic E-state index is -0.0819. The normalized spacial score (nSPS) is 13.5. The number of amides is 2. The summed E-state index contributed by atoms with van der Waals surface area (Å²) in [7, 11) is 1.60. The van der Waals surface area contributed by atoms with E-state index in [0.717, 1.165) is 42.0 Å². The number of carbonyl (C=O) groups is 2. The van der Waals surface area contributed by atoms with Crippen LogP contribution in [0.1, 0.15) is 30.4 Å². The van der Waals surface area contributed by atoms with E-state index < -0.39 is 0 Å². The Balaban J connectivity index is 1.48. The summed E-state index contributed by atoms with van der Waals surface area (Å²) >= 11 is 0. The van der Waals surface area contributed by atoms with E-state index in [2.05, 4.69) is 17.2 Å². The molecule has 1 heterocycles. The summed E-state index contributed by atoms with van der Waals surface area (Å²) in [5.41, 5.74) is 2.67. The van der Waals surface area contributed by atoms with E-state index in [0.29, 0.717) is 6.42 Å². The number of ether oxygens (including phenoxy) is 1. The highest BCUT2D eigenvalue weighted by atomic mass is 16.5. The van der Waals surface area contributed by atoms with Crippen LogP contribution in [0.15, 0.2) is 48.5 Å². The minimum Gasteiger partial charge on any atom is -0.497 e. The van der Waals surface area contributed by atoms with Crippen LogP contribution >= 0.6 is 0 Å². The molecule has 2 amide bonds. The van der Waals surface area contributed by atoms with Crippen LogP contribution in [-0.2, 0) is 16.0 Å². The first kappa shape index (κ1) is 19.5. The van der Waals surface area contributed by atoms with Crippen molar-refractivity contribution in [1.82, 2.24) is 5.32 Å². The number of rotatable bonds is 5. The molecule has 1 saturated heterocycles. The Morgan fingerprint density at radius 2 is 2.00 bits per heavy atom. The maximum absolute atomic E-state index is 12.0. The summed E-state index contributed by atoms with van der Waals surface area (Å²) in [4.78, 5) is 25.8. The van der Waals surface area contributed by atoms with E-state index in [-0.39, 0.29) is 24.8 Å². The van der Waals surface area contributed by atoms with Crippen LogP contribution in [0.3, 0.4) is 0 Å². The smallest absolute Gasteiger partial charge is 0.226 e. The third kappa shape index (κ3) is 5.37. The van der Waals surface area contributed by atoms with Crippen LogP contribution in [0.25, 0.3) is 0 Å². The average Bonchev–Trinajstić information content (AvgIpc) is 2.72. The van der Waals surface area contributed by atoms with Gasteiger partial charge in [0.15, 0.2) is 0 Å². The molecule has 1 aliphatic rings. The monoisotopic (exact) mass is 376 g/mol. The first-order valence-corrected chi connectivity index (χ1v) is 9.44. The minimum absolute atomic E-state index is 0.0819. The number of carbonyl (C=O) groups excluding carboxylic acids is 2. The Morgan fingerprint density at radius 1 is 1.18 bits per heavy atom. The molecule has 0 unspecified atom stereocenters. The predicted molar refractivity (Wildman–Crippen MR) is 109 cm³/mol. The zero-order chi connectivity index (χ0) is 19.8. The van der Waals surface area contributed by atoms with E-state index in [1.54, 1.807) is 7.11 Å². The van der Waals surface area contributed by atoms with Gasteiger partial charge in [-0.1, -0.05) is 24.0 Å². The van der Waals surface area contributed by atoms with Crippen LogP contribution in [0.4, 0.5) is 5.69 Å². The standard InChI is InChI=1S/C23H24N2O3/c1-28-21-8-4-6-19(16-21)17-22(26)24-14-5-7-18-10-12-20(13-11-18)25-15-3-2-9-23(25)27/h4,6,8,10-13,16H,2-3,9,14-15,17H2,1H3,(H,24,26). The van der Waals surface area contributed by atoms with Crippen LogP contribution in [-0.4, -0.2) is 32.0 Å². The Kier molecular flexibility index (Phi) is 6.69. The highest BCUT2D eigenvalue weighted by Gasteiger charge is 2.19. The molecule has 0 spiro atoms. The predicted octanol–water partition coefficient (Wildman–Crippen LogP) is 2.92. The van der Waals surface area contributed by atoms with Crippen molar-refractivity contribution >= 4 is 17.5 Å². The van der Waals surface area contributed by atoms with Crippen LogP contribution < -0.4 is 15.0 Å². The number of nitrogens with one attached hydrogen (secondary N) is 1. The summed E-state index contributed by atoms with van der Waals surface area (Å²) < 4.78 is 5.16. The van der Waals surface area contributed by atoms with E-state index >= 15 is 0 Å². The SMILES string of the molecule is COc1cccc(CC(=O)NCC#Cc2ccc(N3CCCCC3=O)cc2)c1. The van der Waals surface area contributed by atoms with Gasteiger partial charge in [0, 0.05) is 24.2 Å². The van der Waals surface area contributed by atoms with Crippen molar-refractivity contribution in [3.05, 3.63) is 59.7 Å². The second kappa shape index (κ2) is 9.61. The number of benzene rings is 2. The summed E-state index contributed by atoms with van der Waals surface area (Å²) in [5.74, 6) is 6.83. The molecular weight excluding hydrogens is 352 g/mol. The highest BCUT2D eigenvalue weighted by molar-refractivity contribution is 5.94. The lowest BCUT2D eigenvalue weighted by atomic mass is 10.1. The maximum Gasteiger partial charge on any atom is 0.226 e. The van der Waals surface area contributed by atoms with Gasteiger partial charge in [-0.2, -0.15) is 0 Å². The largest absolute Gasteiger partial charge is 0.497 e. The van der Waals surface area contributed by atoms with Crippen molar-refractivity contribution < 1.29 is 14.3 Å². The molecule has 0 aromatic heterocycles. The van der Waals surface area contributed by atoms with Gasteiger partial charge >= 0.3 is 0 Å². The molecule has 1 fully saturated rings. The van der Waals surface area contributed by atoms with E-state index in [4.69, 9.17) is 4.74 Å². The third-order valence-electron chi connectivity index (χ3n) is 4.61.